The number of carbonyl (C=O) groups excluding carboxylic acids is 1. The van der Waals surface area contributed by atoms with Crippen molar-refractivity contribution >= 4 is 17.6 Å². The van der Waals surface area contributed by atoms with E-state index in [1.807, 2.05) is 24.3 Å². The molecule has 27 heavy (non-hydrogen) atoms. The second-order valence-electron chi connectivity index (χ2n) is 8.15. The van der Waals surface area contributed by atoms with Crippen LogP contribution in [0.1, 0.15) is 42.5 Å². The van der Waals surface area contributed by atoms with Gasteiger partial charge >= 0.3 is 5.97 Å². The first-order valence-electron chi connectivity index (χ1n) is 10.0. The monoisotopic (exact) mass is 372 g/mol. The summed E-state index contributed by atoms with van der Waals surface area (Å²) in [4.78, 5) is 28.9. The van der Waals surface area contributed by atoms with Gasteiger partial charge in [0.05, 0.1) is 5.92 Å². The highest BCUT2D eigenvalue weighted by Crippen LogP contribution is 2.44. The van der Waals surface area contributed by atoms with Gasteiger partial charge in [0.25, 0.3) is 5.91 Å². The number of rotatable bonds is 3. The van der Waals surface area contributed by atoms with Crippen molar-refractivity contribution in [2.45, 2.75) is 32.1 Å². The summed E-state index contributed by atoms with van der Waals surface area (Å²) in [7, 11) is 0. The number of carboxylic acids is 1. The summed E-state index contributed by atoms with van der Waals surface area (Å²) in [5.41, 5.74) is 1.47. The third-order valence-electron chi connectivity index (χ3n) is 6.56. The molecule has 1 unspecified atom stereocenters. The smallest absolute Gasteiger partial charge is 0.308 e. The molecule has 3 aliphatic heterocycles. The molecule has 1 atom stereocenters. The zero-order valence-corrected chi connectivity index (χ0v) is 15.7. The second-order valence-corrected chi connectivity index (χ2v) is 8.15. The van der Waals surface area contributed by atoms with Gasteiger partial charge in [0.15, 0.2) is 0 Å². The summed E-state index contributed by atoms with van der Waals surface area (Å²) in [6.07, 6.45) is 5.15. The maximum absolute atomic E-state index is 13.0. The van der Waals surface area contributed by atoms with Gasteiger partial charge in [-0.15, -0.1) is 0 Å². The molecule has 0 radical (unpaired) electrons. The number of piperidine rings is 1. The molecule has 0 aromatic heterocycles. The number of benzene rings is 1. The van der Waals surface area contributed by atoms with Gasteiger partial charge in [-0.25, -0.2) is 0 Å². The minimum absolute atomic E-state index is 0.0604. The fourth-order valence-electron chi connectivity index (χ4n) is 4.90. The maximum Gasteiger partial charge on any atom is 0.308 e. The van der Waals surface area contributed by atoms with E-state index in [0.717, 1.165) is 18.8 Å². The Balaban J connectivity index is 1.48. The van der Waals surface area contributed by atoms with Crippen LogP contribution in [0.3, 0.4) is 0 Å². The number of likely N-dealkylation sites (tertiary alicyclic amines) is 1. The highest BCUT2D eigenvalue weighted by Gasteiger charge is 2.52. The molecule has 4 rings (SSSR count). The van der Waals surface area contributed by atoms with Crippen molar-refractivity contribution < 1.29 is 19.4 Å². The van der Waals surface area contributed by atoms with E-state index >= 15 is 0 Å². The predicted molar refractivity (Wildman–Crippen MR) is 102 cm³/mol. The molecule has 3 heterocycles. The Morgan fingerprint density at radius 2 is 1.70 bits per heavy atom. The summed E-state index contributed by atoms with van der Waals surface area (Å²) in [6.45, 7) is 4.11. The van der Waals surface area contributed by atoms with Crippen molar-refractivity contribution in [2.75, 3.05) is 44.3 Å². The Labute approximate surface area is 160 Å². The third-order valence-corrected chi connectivity index (χ3v) is 6.56. The first-order valence-corrected chi connectivity index (χ1v) is 10.0. The summed E-state index contributed by atoms with van der Waals surface area (Å²) < 4.78 is 5.43. The number of aliphatic carboxylic acids is 1. The standard InChI is InChI=1S/C21H28N2O4/c24-19(16-4-6-17(7-5-16)22-10-2-1-3-11-22)23-14-18(20(25)26)21(15-23)8-12-27-13-9-21/h4-7,18H,1-3,8-15H2,(H,25,26). The number of hydrogen-bond acceptors (Lipinski definition) is 4. The second kappa shape index (κ2) is 7.50. The number of anilines is 1. The molecule has 1 aromatic carbocycles. The van der Waals surface area contributed by atoms with Gasteiger partial charge in [0, 0.05) is 56.1 Å². The molecule has 0 saturated carbocycles. The fourth-order valence-corrected chi connectivity index (χ4v) is 4.90. The highest BCUT2D eigenvalue weighted by atomic mass is 16.5. The predicted octanol–water partition coefficient (Wildman–Crippen LogP) is 2.63. The van der Waals surface area contributed by atoms with E-state index in [2.05, 4.69) is 4.90 Å². The molecule has 146 valence electrons. The minimum atomic E-state index is -0.798. The molecule has 6 nitrogen and oxygen atoms in total. The van der Waals surface area contributed by atoms with Gasteiger partial charge in [0.1, 0.15) is 0 Å². The van der Waals surface area contributed by atoms with E-state index < -0.39 is 11.9 Å². The van der Waals surface area contributed by atoms with Crippen LogP contribution in [0.2, 0.25) is 0 Å². The molecule has 0 bridgehead atoms. The van der Waals surface area contributed by atoms with Crippen molar-refractivity contribution in [1.82, 2.24) is 4.90 Å². The third kappa shape index (κ3) is 3.55. The van der Waals surface area contributed by atoms with E-state index in [9.17, 15) is 14.7 Å². The Morgan fingerprint density at radius 1 is 1.04 bits per heavy atom. The topological polar surface area (TPSA) is 70.1 Å². The molecule has 1 amide bonds. The molecular weight excluding hydrogens is 344 g/mol. The van der Waals surface area contributed by atoms with E-state index in [1.54, 1.807) is 4.90 Å². The summed E-state index contributed by atoms with van der Waals surface area (Å²) in [6, 6.07) is 7.81. The molecule has 1 aromatic rings. The zero-order valence-electron chi connectivity index (χ0n) is 15.7. The lowest BCUT2D eigenvalue weighted by molar-refractivity contribution is -0.146. The largest absolute Gasteiger partial charge is 0.481 e. The first kappa shape index (κ1) is 18.3. The van der Waals surface area contributed by atoms with Crippen molar-refractivity contribution in [2.24, 2.45) is 11.3 Å². The Morgan fingerprint density at radius 3 is 2.33 bits per heavy atom. The van der Waals surface area contributed by atoms with Gasteiger partial charge in [-0.1, -0.05) is 0 Å². The number of hydrogen-bond donors (Lipinski definition) is 1. The van der Waals surface area contributed by atoms with Crippen LogP contribution < -0.4 is 4.90 Å². The number of amides is 1. The van der Waals surface area contributed by atoms with Gasteiger partial charge < -0.3 is 19.6 Å². The van der Waals surface area contributed by atoms with Crippen LogP contribution in [0.25, 0.3) is 0 Å². The quantitative estimate of drug-likeness (QED) is 0.883. The van der Waals surface area contributed by atoms with Gasteiger partial charge in [-0.2, -0.15) is 0 Å². The van der Waals surface area contributed by atoms with Crippen LogP contribution in [0.4, 0.5) is 5.69 Å². The first-order chi connectivity index (χ1) is 13.1. The Bertz CT molecular complexity index is 691. The average Bonchev–Trinajstić information content (AvgIpc) is 3.07. The molecule has 1 spiro atoms. The van der Waals surface area contributed by atoms with Crippen molar-refractivity contribution in [3.63, 3.8) is 0 Å². The number of nitrogens with zero attached hydrogens (tertiary/aromatic N) is 2. The maximum atomic E-state index is 13.0. The van der Waals surface area contributed by atoms with Gasteiger partial charge in [0.2, 0.25) is 0 Å². The van der Waals surface area contributed by atoms with Crippen LogP contribution in [0.15, 0.2) is 24.3 Å². The van der Waals surface area contributed by atoms with Crippen molar-refractivity contribution in [3.05, 3.63) is 29.8 Å². The van der Waals surface area contributed by atoms with E-state index in [1.165, 1.54) is 19.3 Å². The van der Waals surface area contributed by atoms with Crippen LogP contribution in [-0.4, -0.2) is 61.3 Å². The van der Waals surface area contributed by atoms with Crippen molar-refractivity contribution in [3.8, 4) is 0 Å². The summed E-state index contributed by atoms with van der Waals surface area (Å²) in [5, 5.41) is 9.70. The number of ether oxygens (including phenoxy) is 1. The average molecular weight is 372 g/mol. The lowest BCUT2D eigenvalue weighted by atomic mass is 9.72. The molecule has 6 heteroatoms. The highest BCUT2D eigenvalue weighted by molar-refractivity contribution is 5.95. The lowest BCUT2D eigenvalue weighted by Gasteiger charge is -2.36. The van der Waals surface area contributed by atoms with E-state index in [4.69, 9.17) is 4.74 Å². The molecule has 3 aliphatic rings. The molecular formula is C21H28N2O4. The van der Waals surface area contributed by atoms with Crippen molar-refractivity contribution in [1.29, 1.82) is 0 Å². The number of carbonyl (C=O) groups is 2. The molecule has 3 saturated heterocycles. The summed E-state index contributed by atoms with van der Waals surface area (Å²) in [5.74, 6) is -1.36. The normalized spacial score (nSPS) is 25.0. The van der Waals surface area contributed by atoms with Crippen LogP contribution in [0, 0.1) is 11.3 Å². The number of carboxylic acid groups (broad SMARTS) is 1. The Hall–Kier alpha value is -2.08. The molecule has 1 N–H and O–H groups in total. The SMILES string of the molecule is O=C(O)C1CN(C(=O)c2ccc(N3CCCCC3)cc2)CC12CCOCC2. The van der Waals surface area contributed by atoms with E-state index in [-0.39, 0.29) is 11.3 Å². The zero-order chi connectivity index (χ0) is 18.9. The van der Waals surface area contributed by atoms with E-state index in [0.29, 0.717) is 44.7 Å². The minimum Gasteiger partial charge on any atom is -0.481 e. The lowest BCUT2D eigenvalue weighted by Crippen LogP contribution is -2.40. The molecule has 0 aliphatic carbocycles. The van der Waals surface area contributed by atoms with Gasteiger partial charge in [-0.3, -0.25) is 9.59 Å². The summed E-state index contributed by atoms with van der Waals surface area (Å²) >= 11 is 0. The van der Waals surface area contributed by atoms with Gasteiger partial charge in [-0.05, 0) is 56.4 Å². The Kier molecular flexibility index (Phi) is 5.08. The molecule has 3 fully saturated rings. The van der Waals surface area contributed by atoms with Crippen LogP contribution >= 0.6 is 0 Å². The van der Waals surface area contributed by atoms with Crippen LogP contribution in [0.5, 0.6) is 0 Å². The van der Waals surface area contributed by atoms with Crippen LogP contribution in [-0.2, 0) is 9.53 Å². The fraction of sp³-hybridized carbons (Fsp3) is 0.619.